The summed E-state index contributed by atoms with van der Waals surface area (Å²) in [5, 5.41) is 13.4. The van der Waals surface area contributed by atoms with Crippen LogP contribution in [-0.4, -0.2) is 41.5 Å². The molecule has 0 radical (unpaired) electrons. The second-order valence-electron chi connectivity index (χ2n) is 5.25. The highest BCUT2D eigenvalue weighted by atomic mass is 32.1. The van der Waals surface area contributed by atoms with E-state index in [2.05, 4.69) is 40.3 Å². The van der Waals surface area contributed by atoms with Crippen LogP contribution in [0.4, 0.5) is 20.4 Å². The molecule has 4 rings (SSSR count). The van der Waals surface area contributed by atoms with Crippen LogP contribution >= 0.6 is 11.3 Å². The van der Waals surface area contributed by atoms with E-state index in [-0.39, 0.29) is 17.7 Å². The monoisotopic (exact) mass is 378 g/mol. The normalized spacial score (nSPS) is 12.6. The number of hydrogen-bond donors (Lipinski definition) is 2. The van der Waals surface area contributed by atoms with Gasteiger partial charge in [0.15, 0.2) is 17.3 Å². The van der Waals surface area contributed by atoms with Gasteiger partial charge in [-0.1, -0.05) is 0 Å². The molecule has 2 N–H and O–H groups in total. The van der Waals surface area contributed by atoms with Crippen LogP contribution in [0.25, 0.3) is 11.2 Å². The number of nitrogens with one attached hydrogen (secondary N) is 2. The summed E-state index contributed by atoms with van der Waals surface area (Å²) in [5.74, 6) is 0.516. The molecule has 134 valence electrons. The van der Waals surface area contributed by atoms with Crippen LogP contribution in [0, 0.1) is 0 Å². The lowest BCUT2D eigenvalue weighted by Crippen LogP contribution is -2.08. The Morgan fingerprint density at radius 1 is 1.27 bits per heavy atom. The van der Waals surface area contributed by atoms with Gasteiger partial charge < -0.3 is 10.1 Å². The first-order chi connectivity index (χ1) is 12.6. The molecule has 4 heterocycles. The van der Waals surface area contributed by atoms with Gasteiger partial charge in [0.1, 0.15) is 5.52 Å². The van der Waals surface area contributed by atoms with E-state index in [0.717, 1.165) is 4.88 Å². The van der Waals surface area contributed by atoms with Gasteiger partial charge in [-0.25, -0.2) is 19.7 Å². The van der Waals surface area contributed by atoms with E-state index in [1.54, 1.807) is 22.6 Å². The molecule has 0 bridgehead atoms. The maximum absolute atomic E-state index is 12.2. The number of ether oxygens (including phenoxy) is 1. The number of H-pyrrole nitrogens is 1. The maximum Gasteiger partial charge on any atom is 0.388 e. The number of halogens is 2. The predicted octanol–water partition coefficient (Wildman–Crippen LogP) is 2.96. The van der Waals surface area contributed by atoms with Crippen molar-refractivity contribution in [2.75, 3.05) is 5.32 Å². The summed E-state index contributed by atoms with van der Waals surface area (Å²) < 4.78 is 30.4. The fraction of sp³-hybridized carbons (Fsp3) is 0.214. The fourth-order valence-electron chi connectivity index (χ4n) is 2.37. The Balaban J connectivity index is 1.61. The van der Waals surface area contributed by atoms with E-state index in [1.807, 2.05) is 6.92 Å². The lowest BCUT2D eigenvalue weighted by molar-refractivity contribution is -0.0528. The van der Waals surface area contributed by atoms with Gasteiger partial charge in [0.25, 0.3) is 0 Å². The molecular formula is C14H12F2N8OS. The summed E-state index contributed by atoms with van der Waals surface area (Å²) in [7, 11) is 0. The Hall–Kier alpha value is -3.15. The smallest absolute Gasteiger partial charge is 0.388 e. The molecule has 0 aliphatic rings. The molecule has 1 unspecified atom stereocenters. The third-order valence-corrected chi connectivity index (χ3v) is 4.51. The van der Waals surface area contributed by atoms with Crippen molar-refractivity contribution in [1.29, 1.82) is 0 Å². The van der Waals surface area contributed by atoms with Gasteiger partial charge >= 0.3 is 6.61 Å². The quantitative estimate of drug-likeness (QED) is 0.531. The first-order valence-corrected chi connectivity index (χ1v) is 8.34. The van der Waals surface area contributed by atoms with Crippen LogP contribution in [0.2, 0.25) is 0 Å². The van der Waals surface area contributed by atoms with Crippen molar-refractivity contribution in [3.05, 3.63) is 35.0 Å². The molecule has 4 aromatic heterocycles. The zero-order chi connectivity index (χ0) is 18.1. The summed E-state index contributed by atoms with van der Waals surface area (Å²) in [6, 6.07) is 1.25. The van der Waals surface area contributed by atoms with Gasteiger partial charge in [-0.15, -0.1) is 11.3 Å². The van der Waals surface area contributed by atoms with E-state index in [1.165, 1.54) is 23.6 Å². The van der Waals surface area contributed by atoms with Gasteiger partial charge in [0.2, 0.25) is 5.88 Å². The molecule has 26 heavy (non-hydrogen) atoms. The standard InChI is InChI=1S/C14H12F2N8OS/c1-7(9-4-17-6-26-9)24-13-8(3-19-24)18-5-11(21-13)20-10-2-12(23-22-10)25-14(15)16/h2-7,14H,1H3,(H2,20,21,22,23). The number of aromatic amines is 1. The van der Waals surface area contributed by atoms with Gasteiger partial charge in [0, 0.05) is 17.1 Å². The molecule has 0 aliphatic heterocycles. The van der Waals surface area contributed by atoms with Crippen LogP contribution in [0.1, 0.15) is 17.8 Å². The highest BCUT2D eigenvalue weighted by Gasteiger charge is 2.16. The van der Waals surface area contributed by atoms with Crippen molar-refractivity contribution in [3.63, 3.8) is 0 Å². The second kappa shape index (κ2) is 6.63. The summed E-state index contributed by atoms with van der Waals surface area (Å²) in [5.41, 5.74) is 2.97. The lowest BCUT2D eigenvalue weighted by atomic mass is 10.3. The Morgan fingerprint density at radius 3 is 2.92 bits per heavy atom. The summed E-state index contributed by atoms with van der Waals surface area (Å²) in [6.07, 6.45) is 4.92. The van der Waals surface area contributed by atoms with Gasteiger partial charge in [-0.2, -0.15) is 19.0 Å². The number of aromatic nitrogens is 7. The van der Waals surface area contributed by atoms with Gasteiger partial charge in [-0.3, -0.25) is 4.98 Å². The lowest BCUT2D eigenvalue weighted by Gasteiger charge is -2.10. The molecule has 9 nitrogen and oxygen atoms in total. The molecule has 0 saturated heterocycles. The predicted molar refractivity (Wildman–Crippen MR) is 89.8 cm³/mol. The molecule has 0 amide bonds. The number of thiazole rings is 1. The zero-order valence-corrected chi connectivity index (χ0v) is 14.1. The molecule has 12 heteroatoms. The Labute approximate surface area is 149 Å². The van der Waals surface area contributed by atoms with Crippen molar-refractivity contribution < 1.29 is 13.5 Å². The van der Waals surface area contributed by atoms with Crippen LogP contribution in [0.3, 0.4) is 0 Å². The third-order valence-electron chi connectivity index (χ3n) is 3.56. The Bertz CT molecular complexity index is 1020. The van der Waals surface area contributed by atoms with Crippen molar-refractivity contribution in [2.24, 2.45) is 0 Å². The molecule has 0 aromatic carbocycles. The number of hydrogen-bond acceptors (Lipinski definition) is 8. The van der Waals surface area contributed by atoms with E-state index < -0.39 is 6.61 Å². The highest BCUT2D eigenvalue weighted by Crippen LogP contribution is 2.25. The van der Waals surface area contributed by atoms with Crippen LogP contribution < -0.4 is 10.1 Å². The van der Waals surface area contributed by atoms with Crippen molar-refractivity contribution in [1.82, 2.24) is 34.9 Å². The topological polar surface area (TPSA) is 106 Å². The molecule has 0 saturated carbocycles. The van der Waals surface area contributed by atoms with E-state index >= 15 is 0 Å². The summed E-state index contributed by atoms with van der Waals surface area (Å²) >= 11 is 1.53. The summed E-state index contributed by atoms with van der Waals surface area (Å²) in [6.45, 7) is -0.939. The first kappa shape index (κ1) is 16.3. The number of nitrogens with zero attached hydrogens (tertiary/aromatic N) is 6. The average molecular weight is 378 g/mol. The van der Waals surface area contributed by atoms with Gasteiger partial charge in [0.05, 0.1) is 23.9 Å². The molecule has 0 spiro atoms. The minimum atomic E-state index is -2.93. The molecule has 0 aliphatic carbocycles. The largest absolute Gasteiger partial charge is 0.417 e. The van der Waals surface area contributed by atoms with Crippen molar-refractivity contribution in [3.8, 4) is 5.88 Å². The minimum Gasteiger partial charge on any atom is -0.417 e. The molecule has 4 aromatic rings. The highest BCUT2D eigenvalue weighted by molar-refractivity contribution is 7.09. The third kappa shape index (κ3) is 3.18. The Kier molecular flexibility index (Phi) is 4.16. The van der Waals surface area contributed by atoms with Crippen LogP contribution in [0.15, 0.2) is 30.2 Å². The van der Waals surface area contributed by atoms with Crippen LogP contribution in [-0.2, 0) is 0 Å². The molecule has 1 atom stereocenters. The number of anilines is 2. The average Bonchev–Trinajstić information content (AvgIpc) is 3.34. The number of rotatable bonds is 6. The maximum atomic E-state index is 12.2. The van der Waals surface area contributed by atoms with E-state index in [0.29, 0.717) is 17.0 Å². The molecular weight excluding hydrogens is 366 g/mol. The SMILES string of the molecule is CC(c1cncs1)n1ncc2ncc(Nc3cc(OC(F)F)[nH]n3)nc21. The van der Waals surface area contributed by atoms with E-state index in [9.17, 15) is 8.78 Å². The minimum absolute atomic E-state index is 0.0546. The first-order valence-electron chi connectivity index (χ1n) is 7.46. The number of fused-ring (bicyclic) bond motifs is 1. The fourth-order valence-corrected chi connectivity index (χ4v) is 3.03. The van der Waals surface area contributed by atoms with Crippen LogP contribution in [0.5, 0.6) is 5.88 Å². The van der Waals surface area contributed by atoms with E-state index in [4.69, 9.17) is 0 Å². The Morgan fingerprint density at radius 2 is 2.15 bits per heavy atom. The second-order valence-corrected chi connectivity index (χ2v) is 6.17. The van der Waals surface area contributed by atoms with Crippen molar-refractivity contribution in [2.45, 2.75) is 19.6 Å². The molecule has 0 fully saturated rings. The zero-order valence-electron chi connectivity index (χ0n) is 13.3. The van der Waals surface area contributed by atoms with Crippen molar-refractivity contribution >= 4 is 34.1 Å². The summed E-state index contributed by atoms with van der Waals surface area (Å²) in [4.78, 5) is 13.9. The van der Waals surface area contributed by atoms with Gasteiger partial charge in [-0.05, 0) is 6.92 Å². The number of alkyl halides is 2.